The fourth-order valence-electron chi connectivity index (χ4n) is 1.29. The first-order valence-corrected chi connectivity index (χ1v) is 5.67. The second kappa shape index (κ2) is 7.45. The largest absolute Gasteiger partial charge is 0.460 e. The van der Waals surface area contributed by atoms with Crippen molar-refractivity contribution in [1.29, 1.82) is 0 Å². The van der Waals surface area contributed by atoms with E-state index in [2.05, 4.69) is 0 Å². The number of carbonyl (C=O) groups excluding carboxylic acids is 2. The van der Waals surface area contributed by atoms with Crippen molar-refractivity contribution in [3.8, 4) is 5.75 Å². The molecule has 5 heteroatoms. The van der Waals surface area contributed by atoms with E-state index < -0.39 is 11.9 Å². The van der Waals surface area contributed by atoms with Gasteiger partial charge in [0.2, 0.25) is 0 Å². The topological polar surface area (TPSA) is 61.8 Å². The number of para-hydroxylation sites is 1. The van der Waals surface area contributed by atoms with Gasteiger partial charge in [-0.05, 0) is 19.1 Å². The van der Waals surface area contributed by atoms with E-state index in [1.165, 1.54) is 6.92 Å². The highest BCUT2D eigenvalue weighted by molar-refractivity contribution is 5.93. The van der Waals surface area contributed by atoms with Gasteiger partial charge in [0.15, 0.2) is 0 Å². The van der Waals surface area contributed by atoms with Crippen LogP contribution in [-0.4, -0.2) is 31.8 Å². The molecule has 0 saturated heterocycles. The van der Waals surface area contributed by atoms with Gasteiger partial charge in [-0.25, -0.2) is 4.79 Å². The molecule has 0 fully saturated rings. The standard InChI is InChI=1S/C13H16O5/c1-3-16-8-9-17-13(15)11-6-4-5-7-12(11)18-10(2)14/h4-7H,3,8-9H2,1-2H3. The van der Waals surface area contributed by atoms with E-state index >= 15 is 0 Å². The van der Waals surface area contributed by atoms with Crippen LogP contribution >= 0.6 is 0 Å². The molecule has 5 nitrogen and oxygen atoms in total. The van der Waals surface area contributed by atoms with Crippen LogP contribution in [0.2, 0.25) is 0 Å². The number of rotatable bonds is 6. The molecule has 0 aliphatic carbocycles. The Bertz CT molecular complexity index is 414. The Balaban J connectivity index is 2.63. The molecule has 1 rings (SSSR count). The summed E-state index contributed by atoms with van der Waals surface area (Å²) in [4.78, 5) is 22.6. The molecule has 0 amide bonds. The van der Waals surface area contributed by atoms with Gasteiger partial charge < -0.3 is 14.2 Å². The van der Waals surface area contributed by atoms with Gasteiger partial charge in [0.1, 0.15) is 17.9 Å². The van der Waals surface area contributed by atoms with Crippen molar-refractivity contribution in [3.05, 3.63) is 29.8 Å². The lowest BCUT2D eigenvalue weighted by atomic mass is 10.2. The van der Waals surface area contributed by atoms with Crippen molar-refractivity contribution in [3.63, 3.8) is 0 Å². The molecule has 1 aromatic rings. The Hall–Kier alpha value is -1.88. The van der Waals surface area contributed by atoms with E-state index in [-0.39, 0.29) is 17.9 Å². The highest BCUT2D eigenvalue weighted by atomic mass is 16.6. The second-order valence-electron chi connectivity index (χ2n) is 3.42. The highest BCUT2D eigenvalue weighted by Gasteiger charge is 2.14. The molecule has 98 valence electrons. The normalized spacial score (nSPS) is 9.89. The summed E-state index contributed by atoms with van der Waals surface area (Å²) in [6, 6.07) is 6.43. The van der Waals surface area contributed by atoms with Crippen molar-refractivity contribution >= 4 is 11.9 Å². The van der Waals surface area contributed by atoms with Crippen molar-refractivity contribution in [2.75, 3.05) is 19.8 Å². The Labute approximate surface area is 106 Å². The maximum Gasteiger partial charge on any atom is 0.342 e. The van der Waals surface area contributed by atoms with Gasteiger partial charge in [-0.15, -0.1) is 0 Å². The van der Waals surface area contributed by atoms with Crippen molar-refractivity contribution < 1.29 is 23.8 Å². The van der Waals surface area contributed by atoms with Crippen LogP contribution in [0.3, 0.4) is 0 Å². The summed E-state index contributed by atoms with van der Waals surface area (Å²) in [5.41, 5.74) is 0.226. The molecule has 1 aromatic carbocycles. The van der Waals surface area contributed by atoms with Crippen LogP contribution in [0, 0.1) is 0 Å². The van der Waals surface area contributed by atoms with E-state index in [0.29, 0.717) is 13.2 Å². The number of benzene rings is 1. The lowest BCUT2D eigenvalue weighted by Crippen LogP contribution is -2.13. The fraction of sp³-hybridized carbons (Fsp3) is 0.385. The Kier molecular flexibility index (Phi) is 5.87. The van der Waals surface area contributed by atoms with Crippen LogP contribution in [0.4, 0.5) is 0 Å². The molecule has 0 saturated carbocycles. The minimum absolute atomic E-state index is 0.168. The number of carbonyl (C=O) groups is 2. The molecular formula is C13H16O5. The number of hydrogen-bond acceptors (Lipinski definition) is 5. The summed E-state index contributed by atoms with van der Waals surface area (Å²) in [6.45, 7) is 4.22. The first-order valence-electron chi connectivity index (χ1n) is 5.67. The lowest BCUT2D eigenvalue weighted by molar-refractivity contribution is -0.131. The van der Waals surface area contributed by atoms with E-state index in [1.807, 2.05) is 6.92 Å². The molecule has 0 aliphatic rings. The van der Waals surface area contributed by atoms with Crippen LogP contribution in [0.25, 0.3) is 0 Å². The SMILES string of the molecule is CCOCCOC(=O)c1ccccc1OC(C)=O. The van der Waals surface area contributed by atoms with Crippen LogP contribution in [0.15, 0.2) is 24.3 Å². The number of esters is 2. The third-order valence-corrected chi connectivity index (χ3v) is 2.03. The number of ether oxygens (including phenoxy) is 3. The summed E-state index contributed by atoms with van der Waals surface area (Å²) in [5, 5.41) is 0. The minimum Gasteiger partial charge on any atom is -0.460 e. The van der Waals surface area contributed by atoms with Crippen LogP contribution in [0.5, 0.6) is 5.75 Å². The van der Waals surface area contributed by atoms with Gasteiger partial charge in [0.25, 0.3) is 0 Å². The van der Waals surface area contributed by atoms with Crippen LogP contribution in [0.1, 0.15) is 24.2 Å². The molecule has 0 aliphatic heterocycles. The van der Waals surface area contributed by atoms with Crippen molar-refractivity contribution in [2.24, 2.45) is 0 Å². The second-order valence-corrected chi connectivity index (χ2v) is 3.42. The molecule has 0 aromatic heterocycles. The molecule has 18 heavy (non-hydrogen) atoms. The van der Waals surface area contributed by atoms with Gasteiger partial charge >= 0.3 is 11.9 Å². The molecule has 0 heterocycles. The summed E-state index contributed by atoms with van der Waals surface area (Å²) in [5.74, 6) is -0.817. The zero-order valence-electron chi connectivity index (χ0n) is 10.5. The maximum absolute atomic E-state index is 11.7. The summed E-state index contributed by atoms with van der Waals surface area (Å²) in [7, 11) is 0. The van der Waals surface area contributed by atoms with Crippen LogP contribution < -0.4 is 4.74 Å². The monoisotopic (exact) mass is 252 g/mol. The first-order chi connectivity index (χ1) is 8.65. The average Bonchev–Trinajstić information content (AvgIpc) is 2.34. The average molecular weight is 252 g/mol. The van der Waals surface area contributed by atoms with Gasteiger partial charge in [-0.2, -0.15) is 0 Å². The van der Waals surface area contributed by atoms with E-state index in [4.69, 9.17) is 14.2 Å². The van der Waals surface area contributed by atoms with Crippen LogP contribution in [-0.2, 0) is 14.3 Å². The zero-order valence-corrected chi connectivity index (χ0v) is 10.5. The van der Waals surface area contributed by atoms with Gasteiger partial charge in [-0.1, -0.05) is 12.1 Å². The van der Waals surface area contributed by atoms with E-state index in [0.717, 1.165) is 0 Å². The molecular weight excluding hydrogens is 236 g/mol. The quantitative estimate of drug-likeness (QED) is 0.439. The summed E-state index contributed by atoms with van der Waals surface area (Å²) < 4.78 is 15.0. The van der Waals surface area contributed by atoms with E-state index in [9.17, 15) is 9.59 Å². The summed E-state index contributed by atoms with van der Waals surface area (Å²) >= 11 is 0. The molecule has 0 bridgehead atoms. The Morgan fingerprint density at radius 3 is 2.56 bits per heavy atom. The molecule has 0 N–H and O–H groups in total. The molecule has 0 spiro atoms. The first kappa shape index (κ1) is 14.2. The predicted molar refractivity (Wildman–Crippen MR) is 64.5 cm³/mol. The third-order valence-electron chi connectivity index (χ3n) is 2.03. The number of hydrogen-bond donors (Lipinski definition) is 0. The van der Waals surface area contributed by atoms with E-state index in [1.54, 1.807) is 24.3 Å². The smallest absolute Gasteiger partial charge is 0.342 e. The summed E-state index contributed by atoms with van der Waals surface area (Å²) in [6.07, 6.45) is 0. The Morgan fingerprint density at radius 1 is 1.17 bits per heavy atom. The van der Waals surface area contributed by atoms with Crippen molar-refractivity contribution in [2.45, 2.75) is 13.8 Å². The van der Waals surface area contributed by atoms with Crippen molar-refractivity contribution in [1.82, 2.24) is 0 Å². The van der Waals surface area contributed by atoms with Gasteiger partial charge in [0, 0.05) is 13.5 Å². The van der Waals surface area contributed by atoms with Gasteiger partial charge in [0.05, 0.1) is 6.61 Å². The van der Waals surface area contributed by atoms with Gasteiger partial charge in [-0.3, -0.25) is 4.79 Å². The minimum atomic E-state index is -0.536. The zero-order chi connectivity index (χ0) is 13.4. The molecule has 0 radical (unpaired) electrons. The maximum atomic E-state index is 11.7. The fourth-order valence-corrected chi connectivity index (χ4v) is 1.29. The Morgan fingerprint density at radius 2 is 1.89 bits per heavy atom. The predicted octanol–water partition coefficient (Wildman–Crippen LogP) is 1.81. The third kappa shape index (κ3) is 4.55. The molecule has 0 atom stereocenters. The highest BCUT2D eigenvalue weighted by Crippen LogP contribution is 2.19. The lowest BCUT2D eigenvalue weighted by Gasteiger charge is -2.08. The molecule has 0 unspecified atom stereocenters.